The summed E-state index contributed by atoms with van der Waals surface area (Å²) in [5, 5.41) is 36.6. The van der Waals surface area contributed by atoms with Crippen LogP contribution in [-0.4, -0.2) is 82.0 Å². The molecule has 4 N–H and O–H groups in total. The van der Waals surface area contributed by atoms with E-state index in [1.165, 1.54) is 39.2 Å². The van der Waals surface area contributed by atoms with Crippen LogP contribution in [-0.2, 0) is 28.0 Å². The van der Waals surface area contributed by atoms with E-state index in [4.69, 9.17) is 0 Å². The number of aliphatic carboxylic acids is 1. The zero-order chi connectivity index (χ0) is 29.1. The number of benzene rings is 2. The van der Waals surface area contributed by atoms with E-state index >= 15 is 0 Å². The number of thioether (sulfide) groups is 2. The molecule has 0 saturated carbocycles. The normalized spacial score (nSPS) is 18.9. The third kappa shape index (κ3) is 5.82. The Labute approximate surface area is 242 Å². The molecule has 1 aromatic heterocycles. The highest BCUT2D eigenvalue weighted by molar-refractivity contribution is 8.01. The third-order valence-electron chi connectivity index (χ3n) is 6.64. The zero-order valence-corrected chi connectivity index (χ0v) is 23.3. The predicted octanol–water partition coefficient (Wildman–Crippen LogP) is 1.27. The van der Waals surface area contributed by atoms with Crippen molar-refractivity contribution in [3.63, 3.8) is 0 Å². The summed E-state index contributed by atoms with van der Waals surface area (Å²) in [6, 6.07) is 13.6. The molecule has 1 fully saturated rings. The predicted molar refractivity (Wildman–Crippen MR) is 149 cm³/mol. The van der Waals surface area contributed by atoms with Crippen molar-refractivity contribution in [3.8, 4) is 0 Å². The molecule has 1 saturated heterocycles. The molecule has 13 nitrogen and oxygen atoms in total. The van der Waals surface area contributed by atoms with E-state index < -0.39 is 41.2 Å². The second kappa shape index (κ2) is 12.1. The maximum absolute atomic E-state index is 13.5. The van der Waals surface area contributed by atoms with Gasteiger partial charge in [-0.25, -0.2) is 14.3 Å². The Morgan fingerprint density at radius 3 is 2.51 bits per heavy atom. The monoisotopic (exact) mass is 595 g/mol. The van der Waals surface area contributed by atoms with Gasteiger partial charge in [-0.3, -0.25) is 19.8 Å². The average molecular weight is 596 g/mol. The summed E-state index contributed by atoms with van der Waals surface area (Å²) in [5.41, 5.74) is 1.72. The first-order chi connectivity index (χ1) is 19.8. The van der Waals surface area contributed by atoms with Gasteiger partial charge < -0.3 is 15.5 Å². The standard InChI is InChI=1S/C26H25N7O6S2/c1-32-26(29-30-31-32)41-13-16-12-40-23-19(22(35)33(23)20(16)25(38)39)28-21(34)18(14-7-3-2-4-8-14)27-11-15-9-5-6-10-17(15)24(36)37/h2-10,18-19,23,27H,11-13H2,1H3,(H,28,34)(H,36,37)(H,38,39)/t18-,19?,23-/m0/s1. The van der Waals surface area contributed by atoms with Crippen LogP contribution < -0.4 is 10.6 Å². The topological polar surface area (TPSA) is 180 Å². The van der Waals surface area contributed by atoms with E-state index in [2.05, 4.69) is 26.2 Å². The summed E-state index contributed by atoms with van der Waals surface area (Å²) in [6.07, 6.45) is 0. The van der Waals surface area contributed by atoms with E-state index in [1.54, 1.807) is 55.6 Å². The summed E-state index contributed by atoms with van der Waals surface area (Å²) in [4.78, 5) is 51.8. The summed E-state index contributed by atoms with van der Waals surface area (Å²) in [7, 11) is 1.68. The summed E-state index contributed by atoms with van der Waals surface area (Å²) < 4.78 is 1.47. The molecular weight excluding hydrogens is 570 g/mol. The second-order valence-electron chi connectivity index (χ2n) is 9.21. The van der Waals surface area contributed by atoms with E-state index in [1.807, 2.05) is 0 Å². The number of hydrogen-bond donors (Lipinski definition) is 4. The smallest absolute Gasteiger partial charge is 0.352 e. The van der Waals surface area contributed by atoms with Gasteiger partial charge in [0.2, 0.25) is 11.1 Å². The molecule has 212 valence electrons. The number of nitrogens with one attached hydrogen (secondary N) is 2. The zero-order valence-electron chi connectivity index (χ0n) is 21.6. The van der Waals surface area contributed by atoms with Crippen LogP contribution in [0.25, 0.3) is 0 Å². The Balaban J connectivity index is 1.31. The Morgan fingerprint density at radius 1 is 1.10 bits per heavy atom. The van der Waals surface area contributed by atoms with Crippen LogP contribution >= 0.6 is 23.5 Å². The van der Waals surface area contributed by atoms with Crippen molar-refractivity contribution in [2.45, 2.75) is 29.2 Å². The lowest BCUT2D eigenvalue weighted by atomic mass is 10.0. The van der Waals surface area contributed by atoms with Crippen LogP contribution in [0, 0.1) is 0 Å². The molecule has 0 radical (unpaired) electrons. The van der Waals surface area contributed by atoms with Crippen molar-refractivity contribution in [3.05, 3.63) is 82.6 Å². The van der Waals surface area contributed by atoms with Gasteiger partial charge in [-0.2, -0.15) is 0 Å². The molecule has 3 aromatic rings. The maximum Gasteiger partial charge on any atom is 0.352 e. The SMILES string of the molecule is Cn1nnnc1SCC1=C(C(=O)O)N2C(=O)C(NC(=O)[C@@H](NCc3ccccc3C(=O)O)c3ccccc3)[C@@H]2SC1. The van der Waals surface area contributed by atoms with Crippen LogP contribution in [0.1, 0.15) is 27.5 Å². The number of aromatic nitrogens is 4. The van der Waals surface area contributed by atoms with Gasteiger partial charge in [-0.15, -0.1) is 16.9 Å². The van der Waals surface area contributed by atoms with E-state index in [9.17, 15) is 29.4 Å². The van der Waals surface area contributed by atoms with Crippen LogP contribution in [0.2, 0.25) is 0 Å². The molecule has 15 heteroatoms. The maximum atomic E-state index is 13.5. The minimum atomic E-state index is -1.22. The molecule has 2 aliphatic heterocycles. The summed E-state index contributed by atoms with van der Waals surface area (Å²) in [5.74, 6) is -2.66. The Bertz CT molecular complexity index is 1530. The first-order valence-corrected chi connectivity index (χ1v) is 14.4. The van der Waals surface area contributed by atoms with Gasteiger partial charge in [0, 0.05) is 25.1 Å². The number of hydrogen-bond acceptors (Lipinski definition) is 10. The molecule has 2 aliphatic rings. The molecule has 3 heterocycles. The van der Waals surface area contributed by atoms with Crippen molar-refractivity contribution >= 4 is 47.3 Å². The molecule has 0 spiro atoms. The number of tetrazole rings is 1. The van der Waals surface area contributed by atoms with Crippen LogP contribution in [0.4, 0.5) is 0 Å². The third-order valence-corrected chi connectivity index (χ3v) is 9.08. The van der Waals surface area contributed by atoms with E-state index in [0.717, 1.165) is 0 Å². The molecule has 0 bridgehead atoms. The molecule has 1 unspecified atom stereocenters. The first kappa shape index (κ1) is 28.3. The Hall–Kier alpha value is -4.21. The number of rotatable bonds is 11. The fourth-order valence-corrected chi connectivity index (χ4v) is 6.96. The van der Waals surface area contributed by atoms with Gasteiger partial charge in [0.1, 0.15) is 23.2 Å². The minimum absolute atomic E-state index is 0.0881. The van der Waals surface area contributed by atoms with Crippen LogP contribution in [0.15, 0.2) is 71.0 Å². The summed E-state index contributed by atoms with van der Waals surface area (Å²) in [6.45, 7) is 0.0896. The number of nitrogens with zero attached hydrogens (tertiary/aromatic N) is 5. The highest BCUT2D eigenvalue weighted by Gasteiger charge is 2.54. The van der Waals surface area contributed by atoms with E-state index in [-0.39, 0.29) is 23.6 Å². The Morgan fingerprint density at radius 2 is 1.83 bits per heavy atom. The summed E-state index contributed by atoms with van der Waals surface area (Å²) >= 11 is 2.64. The number of carbonyl (C=O) groups excluding carboxylic acids is 2. The second-order valence-corrected chi connectivity index (χ2v) is 11.3. The van der Waals surface area contributed by atoms with Gasteiger partial charge in [0.05, 0.1) is 5.56 Å². The number of fused-ring (bicyclic) bond motifs is 1. The van der Waals surface area contributed by atoms with Crippen molar-refractivity contribution in [2.75, 3.05) is 11.5 Å². The van der Waals surface area contributed by atoms with Gasteiger partial charge in [0.15, 0.2) is 0 Å². The molecular formula is C26H25N7O6S2. The number of carbonyl (C=O) groups is 4. The molecule has 0 aliphatic carbocycles. The molecule has 3 atom stereocenters. The number of β-lactam (4-membered cyclic amide) rings is 1. The minimum Gasteiger partial charge on any atom is -0.478 e. The van der Waals surface area contributed by atoms with Gasteiger partial charge >= 0.3 is 11.9 Å². The molecule has 2 aromatic carbocycles. The van der Waals surface area contributed by atoms with E-state index in [0.29, 0.717) is 27.6 Å². The molecule has 2 amide bonds. The molecule has 5 rings (SSSR count). The Kier molecular flexibility index (Phi) is 8.37. The van der Waals surface area contributed by atoms with Crippen molar-refractivity contribution in [2.24, 2.45) is 7.05 Å². The number of carboxylic acid groups (broad SMARTS) is 2. The first-order valence-electron chi connectivity index (χ1n) is 12.4. The quantitative estimate of drug-likeness (QED) is 0.184. The van der Waals surface area contributed by atoms with Crippen molar-refractivity contribution in [1.29, 1.82) is 0 Å². The number of amides is 2. The fourth-order valence-electron chi connectivity index (χ4n) is 4.63. The fraction of sp³-hybridized carbons (Fsp3) is 0.269. The van der Waals surface area contributed by atoms with Gasteiger partial charge in [0.25, 0.3) is 5.91 Å². The lowest BCUT2D eigenvalue weighted by Crippen LogP contribution is -2.71. The number of carboxylic acids is 2. The lowest BCUT2D eigenvalue weighted by Gasteiger charge is -2.49. The van der Waals surface area contributed by atoms with Gasteiger partial charge in [-0.1, -0.05) is 60.3 Å². The average Bonchev–Trinajstić information content (AvgIpc) is 3.39. The van der Waals surface area contributed by atoms with Crippen molar-refractivity contribution < 1.29 is 29.4 Å². The van der Waals surface area contributed by atoms with Crippen molar-refractivity contribution in [1.82, 2.24) is 35.7 Å². The number of aromatic carboxylic acids is 1. The van der Waals surface area contributed by atoms with Crippen LogP contribution in [0.3, 0.4) is 0 Å². The van der Waals surface area contributed by atoms with Crippen LogP contribution in [0.5, 0.6) is 0 Å². The highest BCUT2D eigenvalue weighted by Crippen LogP contribution is 2.41. The number of aryl methyl sites for hydroxylation is 1. The largest absolute Gasteiger partial charge is 0.478 e. The van der Waals surface area contributed by atoms with Gasteiger partial charge in [-0.05, 0) is 33.2 Å². The lowest BCUT2D eigenvalue weighted by molar-refractivity contribution is -0.151. The molecule has 41 heavy (non-hydrogen) atoms. The highest BCUT2D eigenvalue weighted by atomic mass is 32.2.